The summed E-state index contributed by atoms with van der Waals surface area (Å²) in [5.41, 5.74) is 48.8. The molecule has 734 valence electrons. The Labute approximate surface area is 762 Å². The van der Waals surface area contributed by atoms with Crippen molar-refractivity contribution in [3.8, 4) is 0 Å². The number of carbonyl (C=O) groups is 17. The Bertz CT molecular complexity index is 4060. The SMILES string of the molecule is CCCC[C@H](NC(=O)[C@H](CC(N)=O)NC(=O)[C@H](CC1CCCCC1)NC(=O)[C@H](CC1CCCCC1)NC(=O)[C@H](Cc1cnc[nH]1)NC(=O)[C@H](CCCN=C(N)N)NC(=O)[C@H]1CCCN1C(=O)[C@H](CO)NC(C)=O)C(=O)NC(C)(C)C(=O)N[C@H](C(=O)N[C@@H](CCCN=C(N)N)C(=O)N[C@@H](CCC(N)=O)C(=O)N[C@@H](CCCN=C(N)N)C(=O)N[C@@H](CC1CCCCC1)C(N)=O)[C@@H](C)O. The van der Waals surface area contributed by atoms with E-state index in [1.807, 2.05) is 0 Å². The molecule has 4 fully saturated rings. The van der Waals surface area contributed by atoms with E-state index in [1.54, 1.807) is 6.92 Å². The van der Waals surface area contributed by atoms with Crippen molar-refractivity contribution < 1.29 is 91.7 Å². The lowest BCUT2D eigenvalue weighted by molar-refractivity contribution is -0.143. The maximum Gasteiger partial charge on any atom is 0.248 e. The lowest BCUT2D eigenvalue weighted by atomic mass is 9.83. The average Bonchev–Trinajstić information content (AvgIpc) is 1.82. The molecule has 17 amide bonds. The van der Waals surface area contributed by atoms with Crippen molar-refractivity contribution in [1.29, 1.82) is 0 Å². The zero-order valence-corrected chi connectivity index (χ0v) is 76.1. The van der Waals surface area contributed by atoms with E-state index >= 15 is 14.4 Å². The second-order valence-electron chi connectivity index (χ2n) is 35.1. The number of guanidine groups is 3. The first kappa shape index (κ1) is 109. The van der Waals surface area contributed by atoms with Crippen molar-refractivity contribution >= 4 is 118 Å². The van der Waals surface area contributed by atoms with Crippen molar-refractivity contribution in [2.24, 2.45) is 84.3 Å². The summed E-state index contributed by atoms with van der Waals surface area (Å²) < 4.78 is 0. The van der Waals surface area contributed by atoms with Gasteiger partial charge in [0.15, 0.2) is 17.9 Å². The van der Waals surface area contributed by atoms with Crippen LogP contribution in [0, 0.1) is 17.8 Å². The normalized spacial score (nSPS) is 17.9. The number of H-pyrrole nitrogens is 1. The van der Waals surface area contributed by atoms with Gasteiger partial charge < -0.3 is 141 Å². The molecule has 5 rings (SSSR count). The molecular formula is C84H144N28O19. The van der Waals surface area contributed by atoms with E-state index in [1.165, 1.54) is 31.3 Å². The molecule has 0 radical (unpaired) electrons. The van der Waals surface area contributed by atoms with Crippen LogP contribution in [0.4, 0.5) is 0 Å². The van der Waals surface area contributed by atoms with Crippen LogP contribution in [-0.4, -0.2) is 266 Å². The van der Waals surface area contributed by atoms with E-state index < -0.39 is 216 Å². The van der Waals surface area contributed by atoms with Crippen molar-refractivity contribution in [2.45, 2.75) is 337 Å². The Hall–Kier alpha value is -12.1. The van der Waals surface area contributed by atoms with E-state index in [0.717, 1.165) is 84.5 Å². The molecule has 0 unspecified atom stereocenters. The molecule has 0 bridgehead atoms. The summed E-state index contributed by atoms with van der Waals surface area (Å²) in [6, 6.07) is -19.3. The molecule has 1 aromatic heterocycles. The Balaban J connectivity index is 1.39. The second kappa shape index (κ2) is 56.5. The number of hydrogen-bond acceptors (Lipinski definition) is 23. The van der Waals surface area contributed by atoms with Gasteiger partial charge in [0, 0.05) is 57.8 Å². The highest BCUT2D eigenvalue weighted by Crippen LogP contribution is 2.31. The second-order valence-corrected chi connectivity index (χ2v) is 35.1. The van der Waals surface area contributed by atoms with Crippen LogP contribution < -0.4 is 121 Å². The molecule has 131 heavy (non-hydrogen) atoms. The molecule has 47 nitrogen and oxygen atoms in total. The molecule has 47 heteroatoms. The van der Waals surface area contributed by atoms with Crippen LogP contribution in [0.3, 0.4) is 0 Å². The van der Waals surface area contributed by atoms with Gasteiger partial charge in [-0.1, -0.05) is 116 Å². The van der Waals surface area contributed by atoms with Crippen LogP contribution in [-0.2, 0) is 87.9 Å². The molecule has 1 aromatic rings. The van der Waals surface area contributed by atoms with Gasteiger partial charge >= 0.3 is 0 Å². The van der Waals surface area contributed by atoms with E-state index in [9.17, 15) is 77.3 Å². The summed E-state index contributed by atoms with van der Waals surface area (Å²) in [6.07, 6.45) is 12.2. The van der Waals surface area contributed by atoms with Gasteiger partial charge in [0.1, 0.15) is 84.1 Å². The number of unbranched alkanes of at least 4 members (excludes halogenated alkanes) is 1. The van der Waals surface area contributed by atoms with Crippen LogP contribution in [0.2, 0.25) is 0 Å². The highest BCUT2D eigenvalue weighted by atomic mass is 16.3. The predicted molar refractivity (Wildman–Crippen MR) is 481 cm³/mol. The fourth-order valence-electron chi connectivity index (χ4n) is 16.6. The zero-order valence-electron chi connectivity index (χ0n) is 76.1. The Morgan fingerprint density at radius 3 is 1.26 bits per heavy atom. The minimum atomic E-state index is -2.03. The molecular weight excluding hydrogens is 1710 g/mol. The lowest BCUT2D eigenvalue weighted by Gasteiger charge is -2.32. The highest BCUT2D eigenvalue weighted by Gasteiger charge is 2.44. The predicted octanol–water partition coefficient (Wildman–Crippen LogP) is -6.06. The average molecular weight is 1850 g/mol. The van der Waals surface area contributed by atoms with E-state index in [-0.39, 0.29) is 145 Å². The number of imidazole rings is 1. The number of carbonyl (C=O) groups excluding carboxylic acids is 17. The molecule has 0 spiro atoms. The number of likely N-dealkylation sites (tertiary alicyclic amines) is 1. The van der Waals surface area contributed by atoms with Crippen LogP contribution in [0.25, 0.3) is 0 Å². The molecule has 3 aliphatic carbocycles. The lowest BCUT2D eigenvalue weighted by Crippen LogP contribution is -2.64. The van der Waals surface area contributed by atoms with Gasteiger partial charge in [-0.05, 0) is 122 Å². The van der Waals surface area contributed by atoms with E-state index in [0.29, 0.717) is 44.2 Å². The minimum absolute atomic E-state index is 0.00828. The van der Waals surface area contributed by atoms with Crippen LogP contribution in [0.1, 0.15) is 246 Å². The summed E-state index contributed by atoms with van der Waals surface area (Å²) in [5, 5.41) is 55.2. The maximum absolute atomic E-state index is 15.3. The number of aromatic nitrogens is 2. The summed E-state index contributed by atoms with van der Waals surface area (Å²) in [6.45, 7) is 5.77. The number of hydrogen-bond donors (Lipinski definition) is 25. The standard InChI is InChI=1S/C84H144N28O19/c1-6-7-27-55(76(127)111-84(4,5)80(131)110-66(46(2)114)78(129)104-54(30-19-36-97-83(92)93)68(119)102-56(32-33-64(85)116)71(122)100-52(28-17-34-95-81(88)89)69(120)105-57(67(87)118)38-48-21-11-8-12-22-48)101-75(126)61(42-65(86)117)109-73(124)59(40-50-25-15-10-16-26-50)106-72(123)58(39-49-23-13-9-14-24-49)107-74(125)60(41-51-43-94-45-98-51)108-70(121)53(29-18-35-96-82(90)91)103-77(128)63-31-20-37-112(63)79(130)62(44-113)99-47(3)115/h43,45-46,48-50,52-63,66,113-114H,6-42,44H2,1-5H3,(H2,85,116)(H2,86,117)(H2,87,118)(H,94,98)(H,99,115)(H,100,122)(H,101,126)(H,102,119)(H,103,128)(H,104,129)(H,105,120)(H,106,123)(H,107,125)(H,108,121)(H,109,124)(H,110,131)(H,111,127)(H4,88,89,95)(H4,90,91,96)(H4,92,93,97)/t46-,52+,53+,54+,55+,56+,57+,58+,59+,60+,61+,62+,63-,66+/m1/s1. The number of aliphatic imine (C=N–C) groups is 3. The fraction of sp³-hybridized carbons (Fsp3) is 0.726. The third-order valence-corrected chi connectivity index (χ3v) is 23.7. The molecule has 34 N–H and O–H groups in total. The zero-order chi connectivity index (χ0) is 97.0. The first-order valence-electron chi connectivity index (χ1n) is 45.6. The molecule has 3 saturated carbocycles. The summed E-state index contributed by atoms with van der Waals surface area (Å²) in [5.74, 6) is -16.6. The number of primary amides is 3. The molecule has 0 aromatic carbocycles. The van der Waals surface area contributed by atoms with Crippen LogP contribution >= 0.6 is 0 Å². The largest absolute Gasteiger partial charge is 0.394 e. The monoisotopic (exact) mass is 1850 g/mol. The van der Waals surface area contributed by atoms with E-state index in [4.69, 9.17) is 51.6 Å². The van der Waals surface area contributed by atoms with Crippen molar-refractivity contribution in [2.75, 3.05) is 32.8 Å². The van der Waals surface area contributed by atoms with Gasteiger partial charge in [0.25, 0.3) is 0 Å². The number of nitrogens with zero attached hydrogens (tertiary/aromatic N) is 5. The van der Waals surface area contributed by atoms with Gasteiger partial charge in [0.2, 0.25) is 100 Å². The first-order chi connectivity index (χ1) is 62.1. The maximum atomic E-state index is 15.3. The number of amides is 17. The molecule has 14 atom stereocenters. The Morgan fingerprint density at radius 2 is 0.847 bits per heavy atom. The summed E-state index contributed by atoms with van der Waals surface area (Å²) >= 11 is 0. The fourth-order valence-corrected chi connectivity index (χ4v) is 16.6. The topological polar surface area (TPSA) is 790 Å². The van der Waals surface area contributed by atoms with Crippen molar-refractivity contribution in [1.82, 2.24) is 84.0 Å². The number of nitrogens with two attached hydrogens (primary N) is 9. The number of aromatic amines is 1. The molecule has 2 heterocycles. The van der Waals surface area contributed by atoms with Crippen LogP contribution in [0.15, 0.2) is 27.5 Å². The van der Waals surface area contributed by atoms with Gasteiger partial charge in [-0.2, -0.15) is 0 Å². The molecule has 4 aliphatic rings. The van der Waals surface area contributed by atoms with Gasteiger partial charge in [-0.3, -0.25) is 96.5 Å². The van der Waals surface area contributed by atoms with Crippen LogP contribution in [0.5, 0.6) is 0 Å². The quantitative estimate of drug-likeness (QED) is 0.0164. The van der Waals surface area contributed by atoms with E-state index in [2.05, 4.69) is 94.1 Å². The van der Waals surface area contributed by atoms with Gasteiger partial charge in [-0.15, -0.1) is 0 Å². The van der Waals surface area contributed by atoms with Gasteiger partial charge in [-0.25, -0.2) is 4.98 Å². The Kier molecular flexibility index (Phi) is 47.2. The smallest absolute Gasteiger partial charge is 0.248 e. The minimum Gasteiger partial charge on any atom is -0.394 e. The number of nitrogens with one attached hydrogen (secondary N) is 14. The summed E-state index contributed by atoms with van der Waals surface area (Å²) in [4.78, 5) is 260. The van der Waals surface area contributed by atoms with Crippen molar-refractivity contribution in [3.05, 3.63) is 18.2 Å². The molecule has 1 saturated heterocycles. The Morgan fingerprint density at radius 1 is 0.458 bits per heavy atom. The third-order valence-electron chi connectivity index (χ3n) is 23.7. The number of aliphatic hydroxyl groups is 2. The molecule has 1 aliphatic heterocycles. The van der Waals surface area contributed by atoms with Gasteiger partial charge in [0.05, 0.1) is 25.5 Å². The number of aliphatic hydroxyl groups excluding tert-OH is 2. The highest BCUT2D eigenvalue weighted by molar-refractivity contribution is 6.02. The van der Waals surface area contributed by atoms with Crippen molar-refractivity contribution in [3.63, 3.8) is 0 Å². The summed E-state index contributed by atoms with van der Waals surface area (Å²) in [7, 11) is 0. The third kappa shape index (κ3) is 39.7. The number of rotatable bonds is 57. The first-order valence-corrected chi connectivity index (χ1v) is 45.6.